The predicted octanol–water partition coefficient (Wildman–Crippen LogP) is 3.06. The summed E-state index contributed by atoms with van der Waals surface area (Å²) in [7, 11) is 1.65. The number of methoxy groups -OCH3 is 1. The van der Waals surface area contributed by atoms with Crippen LogP contribution in [0.2, 0.25) is 0 Å². The molecule has 0 aliphatic heterocycles. The van der Waals surface area contributed by atoms with Gasteiger partial charge in [0.15, 0.2) is 0 Å². The van der Waals surface area contributed by atoms with Gasteiger partial charge in [0.1, 0.15) is 11.8 Å². The minimum atomic E-state index is 0.723. The van der Waals surface area contributed by atoms with Gasteiger partial charge >= 0.3 is 0 Å². The van der Waals surface area contributed by atoms with E-state index in [1.165, 1.54) is 29.5 Å². The topological polar surface area (TPSA) is 33.0 Å². The SMILES string of the molecule is COc1c(C)c2c(c(C)c1C#N)CCCC2. The first-order valence-electron chi connectivity index (χ1n) is 5.79. The number of rotatable bonds is 1. The summed E-state index contributed by atoms with van der Waals surface area (Å²) in [5, 5.41) is 9.23. The Bertz CT molecular complexity index is 465. The molecule has 0 radical (unpaired) electrons. The summed E-state index contributed by atoms with van der Waals surface area (Å²) in [6, 6.07) is 2.28. The fourth-order valence-electron chi connectivity index (χ4n) is 2.77. The van der Waals surface area contributed by atoms with Crippen LogP contribution in [0, 0.1) is 25.2 Å². The van der Waals surface area contributed by atoms with Crippen molar-refractivity contribution in [2.75, 3.05) is 7.11 Å². The summed E-state index contributed by atoms with van der Waals surface area (Å²) < 4.78 is 5.39. The van der Waals surface area contributed by atoms with Crippen LogP contribution in [0.4, 0.5) is 0 Å². The molecule has 0 aromatic heterocycles. The molecular weight excluding hydrogens is 198 g/mol. The van der Waals surface area contributed by atoms with Gasteiger partial charge in [0.05, 0.1) is 12.7 Å². The molecule has 0 N–H and O–H groups in total. The number of ether oxygens (including phenoxy) is 1. The Morgan fingerprint density at radius 3 is 2.12 bits per heavy atom. The maximum atomic E-state index is 9.23. The molecular formula is C14H17NO. The van der Waals surface area contributed by atoms with Crippen LogP contribution in [-0.2, 0) is 12.8 Å². The molecule has 0 spiro atoms. The highest BCUT2D eigenvalue weighted by atomic mass is 16.5. The minimum Gasteiger partial charge on any atom is -0.495 e. The van der Waals surface area contributed by atoms with Crippen LogP contribution >= 0.6 is 0 Å². The zero-order valence-electron chi connectivity index (χ0n) is 10.2. The summed E-state index contributed by atoms with van der Waals surface area (Å²) in [6.07, 6.45) is 4.73. The Morgan fingerprint density at radius 2 is 1.62 bits per heavy atom. The molecule has 0 fully saturated rings. The van der Waals surface area contributed by atoms with Crippen molar-refractivity contribution in [1.29, 1.82) is 5.26 Å². The van der Waals surface area contributed by atoms with E-state index in [0.717, 1.165) is 29.7 Å². The van der Waals surface area contributed by atoms with Crippen LogP contribution in [0.1, 0.15) is 40.7 Å². The van der Waals surface area contributed by atoms with Gasteiger partial charge in [-0.2, -0.15) is 5.26 Å². The molecule has 1 aromatic carbocycles. The lowest BCUT2D eigenvalue weighted by atomic mass is 9.83. The lowest BCUT2D eigenvalue weighted by Crippen LogP contribution is -2.10. The quantitative estimate of drug-likeness (QED) is 0.721. The molecule has 0 saturated heterocycles. The van der Waals surface area contributed by atoms with Crippen LogP contribution in [0.15, 0.2) is 0 Å². The summed E-state index contributed by atoms with van der Waals surface area (Å²) >= 11 is 0. The van der Waals surface area contributed by atoms with Crippen molar-refractivity contribution < 1.29 is 4.74 Å². The molecule has 0 saturated carbocycles. The van der Waals surface area contributed by atoms with Gasteiger partial charge < -0.3 is 4.74 Å². The molecule has 84 valence electrons. The Hall–Kier alpha value is -1.49. The van der Waals surface area contributed by atoms with E-state index < -0.39 is 0 Å². The average Bonchev–Trinajstić information content (AvgIpc) is 2.33. The van der Waals surface area contributed by atoms with Crippen LogP contribution < -0.4 is 4.74 Å². The van der Waals surface area contributed by atoms with Gasteiger partial charge in [0.2, 0.25) is 0 Å². The number of nitrogens with zero attached hydrogens (tertiary/aromatic N) is 1. The van der Waals surface area contributed by atoms with E-state index in [1.807, 2.05) is 6.92 Å². The van der Waals surface area contributed by atoms with E-state index in [2.05, 4.69) is 13.0 Å². The van der Waals surface area contributed by atoms with E-state index >= 15 is 0 Å². The van der Waals surface area contributed by atoms with E-state index in [1.54, 1.807) is 7.11 Å². The maximum Gasteiger partial charge on any atom is 0.140 e. The van der Waals surface area contributed by atoms with Gasteiger partial charge in [-0.05, 0) is 61.8 Å². The van der Waals surface area contributed by atoms with Crippen LogP contribution in [-0.4, -0.2) is 7.11 Å². The molecule has 0 unspecified atom stereocenters. The maximum absolute atomic E-state index is 9.23. The highest BCUT2D eigenvalue weighted by molar-refractivity contribution is 5.60. The normalized spacial score (nSPS) is 14.1. The van der Waals surface area contributed by atoms with E-state index in [0.29, 0.717) is 0 Å². The second-order valence-corrected chi connectivity index (χ2v) is 4.43. The van der Waals surface area contributed by atoms with E-state index in [4.69, 9.17) is 4.74 Å². The van der Waals surface area contributed by atoms with Gasteiger partial charge in [-0.25, -0.2) is 0 Å². The molecule has 2 heteroatoms. The molecule has 1 aromatic rings. The second kappa shape index (κ2) is 4.17. The zero-order chi connectivity index (χ0) is 11.7. The van der Waals surface area contributed by atoms with Gasteiger partial charge in [0, 0.05) is 0 Å². The minimum absolute atomic E-state index is 0.723. The summed E-state index contributed by atoms with van der Waals surface area (Å²) in [5.41, 5.74) is 5.82. The van der Waals surface area contributed by atoms with Crippen molar-refractivity contribution >= 4 is 0 Å². The molecule has 16 heavy (non-hydrogen) atoms. The third kappa shape index (κ3) is 1.48. The Kier molecular flexibility index (Phi) is 2.87. The standard InChI is InChI=1S/C14H17NO/c1-9-11-6-4-5-7-12(11)10(2)14(16-3)13(9)8-15/h4-7H2,1-3H3. The van der Waals surface area contributed by atoms with Crippen molar-refractivity contribution in [2.45, 2.75) is 39.5 Å². The number of benzene rings is 1. The highest BCUT2D eigenvalue weighted by Crippen LogP contribution is 2.36. The third-order valence-corrected chi connectivity index (χ3v) is 3.63. The smallest absolute Gasteiger partial charge is 0.140 e. The van der Waals surface area contributed by atoms with Crippen molar-refractivity contribution in [2.24, 2.45) is 0 Å². The number of hydrogen-bond donors (Lipinski definition) is 0. The number of hydrogen-bond acceptors (Lipinski definition) is 2. The van der Waals surface area contributed by atoms with Crippen LogP contribution in [0.3, 0.4) is 0 Å². The third-order valence-electron chi connectivity index (χ3n) is 3.63. The van der Waals surface area contributed by atoms with Gasteiger partial charge in [0.25, 0.3) is 0 Å². The van der Waals surface area contributed by atoms with E-state index in [-0.39, 0.29) is 0 Å². The summed E-state index contributed by atoms with van der Waals surface area (Å²) in [5.74, 6) is 0.778. The first-order valence-corrected chi connectivity index (χ1v) is 5.79. The lowest BCUT2D eigenvalue weighted by molar-refractivity contribution is 0.408. The van der Waals surface area contributed by atoms with E-state index in [9.17, 15) is 5.26 Å². The molecule has 0 atom stereocenters. The number of nitriles is 1. The average molecular weight is 215 g/mol. The summed E-state index contributed by atoms with van der Waals surface area (Å²) in [6.45, 7) is 4.12. The first kappa shape index (κ1) is 11.0. The van der Waals surface area contributed by atoms with Gasteiger partial charge in [-0.15, -0.1) is 0 Å². The van der Waals surface area contributed by atoms with Crippen molar-refractivity contribution in [3.63, 3.8) is 0 Å². The van der Waals surface area contributed by atoms with Crippen molar-refractivity contribution in [1.82, 2.24) is 0 Å². The largest absolute Gasteiger partial charge is 0.495 e. The fourth-order valence-corrected chi connectivity index (χ4v) is 2.77. The molecule has 0 heterocycles. The zero-order valence-corrected chi connectivity index (χ0v) is 10.2. The number of fused-ring (bicyclic) bond motifs is 1. The van der Waals surface area contributed by atoms with Crippen molar-refractivity contribution in [3.8, 4) is 11.8 Å². The van der Waals surface area contributed by atoms with Crippen LogP contribution in [0.25, 0.3) is 0 Å². The van der Waals surface area contributed by atoms with Crippen molar-refractivity contribution in [3.05, 3.63) is 27.8 Å². The van der Waals surface area contributed by atoms with Crippen LogP contribution in [0.5, 0.6) is 5.75 Å². The molecule has 0 bridgehead atoms. The summed E-state index contributed by atoms with van der Waals surface area (Å²) in [4.78, 5) is 0. The Labute approximate surface area is 96.9 Å². The second-order valence-electron chi connectivity index (χ2n) is 4.43. The predicted molar refractivity (Wildman–Crippen MR) is 63.8 cm³/mol. The fraction of sp³-hybridized carbons (Fsp3) is 0.500. The van der Waals surface area contributed by atoms with Gasteiger partial charge in [-0.3, -0.25) is 0 Å². The first-order chi connectivity index (χ1) is 7.70. The molecule has 2 nitrogen and oxygen atoms in total. The lowest BCUT2D eigenvalue weighted by Gasteiger charge is -2.23. The Balaban J connectivity index is 2.75. The molecule has 2 rings (SSSR count). The monoisotopic (exact) mass is 215 g/mol. The highest BCUT2D eigenvalue weighted by Gasteiger charge is 2.21. The van der Waals surface area contributed by atoms with Gasteiger partial charge in [-0.1, -0.05) is 0 Å². The molecule has 1 aliphatic carbocycles. The molecule has 1 aliphatic rings. The Morgan fingerprint density at radius 1 is 1.06 bits per heavy atom. The molecule has 0 amide bonds.